The van der Waals surface area contributed by atoms with Crippen molar-refractivity contribution in [3.05, 3.63) is 0 Å². The second-order valence-electron chi connectivity index (χ2n) is 3.83. The average molecular weight is 201 g/mol. The third kappa shape index (κ3) is 2.69. The molecule has 0 aliphatic heterocycles. The van der Waals surface area contributed by atoms with Crippen LogP contribution in [0.25, 0.3) is 0 Å². The lowest BCUT2D eigenvalue weighted by Crippen LogP contribution is -2.42. The maximum absolute atomic E-state index is 11.2. The molecule has 0 unspecified atom stereocenters. The van der Waals surface area contributed by atoms with Gasteiger partial charge in [0.1, 0.15) is 6.04 Å². The van der Waals surface area contributed by atoms with Crippen LogP contribution in [0.3, 0.4) is 0 Å². The van der Waals surface area contributed by atoms with E-state index in [1.54, 1.807) is 7.11 Å². The first kappa shape index (κ1) is 11.5. The number of carbonyl (C=O) groups is 1. The molecule has 0 spiro atoms. The number of hydrogen-bond acceptors (Lipinski definition) is 4. The minimum absolute atomic E-state index is 0.209. The summed E-state index contributed by atoms with van der Waals surface area (Å²) >= 11 is 0. The monoisotopic (exact) mass is 201 g/mol. The summed E-state index contributed by atoms with van der Waals surface area (Å²) in [6.07, 6.45) is 4.27. The molecule has 0 radical (unpaired) electrons. The molecule has 0 bridgehead atoms. The zero-order chi connectivity index (χ0) is 10.6. The van der Waals surface area contributed by atoms with Crippen LogP contribution in [0.2, 0.25) is 0 Å². The molecule has 14 heavy (non-hydrogen) atoms. The Bertz CT molecular complexity index is 196. The summed E-state index contributed by atoms with van der Waals surface area (Å²) in [5, 5.41) is 0. The van der Waals surface area contributed by atoms with Gasteiger partial charge in [-0.3, -0.25) is 4.79 Å². The second kappa shape index (κ2) is 5.32. The van der Waals surface area contributed by atoms with E-state index in [-0.39, 0.29) is 18.0 Å². The van der Waals surface area contributed by atoms with Crippen LogP contribution in [-0.2, 0) is 14.3 Å². The van der Waals surface area contributed by atoms with Gasteiger partial charge in [-0.15, -0.1) is 0 Å². The van der Waals surface area contributed by atoms with Crippen molar-refractivity contribution in [1.82, 2.24) is 0 Å². The van der Waals surface area contributed by atoms with Gasteiger partial charge in [0.15, 0.2) is 0 Å². The Hall–Kier alpha value is -0.610. The Balaban J connectivity index is 2.46. The number of carbonyl (C=O) groups excluding carboxylic acids is 1. The second-order valence-corrected chi connectivity index (χ2v) is 3.83. The van der Waals surface area contributed by atoms with E-state index >= 15 is 0 Å². The maximum Gasteiger partial charge on any atom is 0.322 e. The Labute approximate surface area is 84.7 Å². The molecule has 1 rings (SSSR count). The smallest absolute Gasteiger partial charge is 0.322 e. The van der Waals surface area contributed by atoms with Crippen LogP contribution in [0, 0.1) is 5.92 Å². The lowest BCUT2D eigenvalue weighted by molar-refractivity contribution is -0.144. The lowest BCUT2D eigenvalue weighted by Gasteiger charge is -2.30. The Morgan fingerprint density at radius 3 is 2.71 bits per heavy atom. The van der Waals surface area contributed by atoms with E-state index in [1.165, 1.54) is 7.11 Å². The summed E-state index contributed by atoms with van der Waals surface area (Å²) in [5.41, 5.74) is 5.79. The van der Waals surface area contributed by atoms with Gasteiger partial charge in [-0.1, -0.05) is 6.42 Å². The van der Waals surface area contributed by atoms with Gasteiger partial charge in [-0.25, -0.2) is 0 Å². The van der Waals surface area contributed by atoms with Crippen LogP contribution in [0.1, 0.15) is 25.7 Å². The van der Waals surface area contributed by atoms with Crippen molar-refractivity contribution in [2.24, 2.45) is 11.7 Å². The van der Waals surface area contributed by atoms with Gasteiger partial charge in [0, 0.05) is 7.11 Å². The zero-order valence-electron chi connectivity index (χ0n) is 8.86. The third-order valence-corrected chi connectivity index (χ3v) is 2.98. The third-order valence-electron chi connectivity index (χ3n) is 2.98. The average Bonchev–Trinajstić information content (AvgIpc) is 2.27. The molecule has 82 valence electrons. The van der Waals surface area contributed by atoms with Crippen LogP contribution >= 0.6 is 0 Å². The van der Waals surface area contributed by atoms with Crippen molar-refractivity contribution in [1.29, 1.82) is 0 Å². The molecular formula is C10H19NO3. The van der Waals surface area contributed by atoms with Crippen molar-refractivity contribution in [3.8, 4) is 0 Å². The summed E-state index contributed by atoms with van der Waals surface area (Å²) in [6, 6.07) is -0.488. The summed E-state index contributed by atoms with van der Waals surface area (Å²) < 4.78 is 9.91. The molecule has 1 aliphatic rings. The van der Waals surface area contributed by atoms with Crippen molar-refractivity contribution < 1.29 is 14.3 Å². The molecule has 1 aliphatic carbocycles. The highest BCUT2D eigenvalue weighted by molar-refractivity contribution is 5.75. The Morgan fingerprint density at radius 1 is 1.43 bits per heavy atom. The topological polar surface area (TPSA) is 61.5 Å². The molecule has 0 amide bonds. The molecule has 1 saturated carbocycles. The number of ether oxygens (including phenoxy) is 2. The van der Waals surface area contributed by atoms with Gasteiger partial charge in [0.25, 0.3) is 0 Å². The van der Waals surface area contributed by atoms with Crippen molar-refractivity contribution >= 4 is 5.97 Å². The Morgan fingerprint density at radius 2 is 2.14 bits per heavy atom. The maximum atomic E-state index is 11.2. The predicted molar refractivity (Wildman–Crippen MR) is 52.7 cm³/mol. The molecule has 2 N–H and O–H groups in total. The standard InChI is InChI=1S/C10H19NO3/c1-13-8-5-3-4-7(6-8)9(11)10(12)14-2/h7-9H,3-6,11H2,1-2H3/t7-,8+,9+/m1/s1. The fourth-order valence-corrected chi connectivity index (χ4v) is 2.05. The first-order valence-corrected chi connectivity index (χ1v) is 5.05. The quantitative estimate of drug-likeness (QED) is 0.682. The molecular weight excluding hydrogens is 182 g/mol. The van der Waals surface area contributed by atoms with Crippen LogP contribution in [0.5, 0.6) is 0 Å². The van der Waals surface area contributed by atoms with E-state index in [0.717, 1.165) is 25.7 Å². The number of nitrogens with two attached hydrogens (primary N) is 1. The molecule has 0 saturated heterocycles. The van der Waals surface area contributed by atoms with Crippen LogP contribution < -0.4 is 5.73 Å². The molecule has 0 heterocycles. The first-order chi connectivity index (χ1) is 6.69. The van der Waals surface area contributed by atoms with Gasteiger partial charge in [-0.05, 0) is 25.2 Å². The summed E-state index contributed by atoms with van der Waals surface area (Å²) in [4.78, 5) is 11.2. The highest BCUT2D eigenvalue weighted by Gasteiger charge is 2.30. The van der Waals surface area contributed by atoms with E-state index in [1.807, 2.05) is 0 Å². The summed E-state index contributed by atoms with van der Waals surface area (Å²) in [5.74, 6) is -0.104. The van der Waals surface area contributed by atoms with Crippen LogP contribution in [0.15, 0.2) is 0 Å². The van der Waals surface area contributed by atoms with Gasteiger partial charge in [0.05, 0.1) is 13.2 Å². The highest BCUT2D eigenvalue weighted by atomic mass is 16.5. The molecule has 3 atom stereocenters. The number of rotatable bonds is 3. The number of methoxy groups -OCH3 is 2. The normalized spacial score (nSPS) is 29.6. The first-order valence-electron chi connectivity index (χ1n) is 5.05. The highest BCUT2D eigenvalue weighted by Crippen LogP contribution is 2.28. The molecule has 0 aromatic carbocycles. The zero-order valence-corrected chi connectivity index (χ0v) is 8.86. The SMILES string of the molecule is COC(=O)[C@@H](N)[C@@H]1CCC[C@H](OC)C1. The van der Waals surface area contributed by atoms with E-state index in [4.69, 9.17) is 10.5 Å². The minimum Gasteiger partial charge on any atom is -0.468 e. The summed E-state index contributed by atoms with van der Waals surface area (Å²) in [6.45, 7) is 0. The Kier molecular flexibility index (Phi) is 4.35. The van der Waals surface area contributed by atoms with E-state index in [2.05, 4.69) is 4.74 Å². The molecule has 4 nitrogen and oxygen atoms in total. The van der Waals surface area contributed by atoms with Gasteiger partial charge < -0.3 is 15.2 Å². The largest absolute Gasteiger partial charge is 0.468 e. The molecule has 4 heteroatoms. The van der Waals surface area contributed by atoms with Crippen molar-refractivity contribution in [2.75, 3.05) is 14.2 Å². The van der Waals surface area contributed by atoms with Gasteiger partial charge >= 0.3 is 5.97 Å². The van der Waals surface area contributed by atoms with E-state index < -0.39 is 6.04 Å². The van der Waals surface area contributed by atoms with Crippen LogP contribution in [-0.4, -0.2) is 32.3 Å². The van der Waals surface area contributed by atoms with Crippen LogP contribution in [0.4, 0.5) is 0 Å². The van der Waals surface area contributed by atoms with Gasteiger partial charge in [-0.2, -0.15) is 0 Å². The molecule has 0 aromatic rings. The van der Waals surface area contributed by atoms with Crippen molar-refractivity contribution in [3.63, 3.8) is 0 Å². The predicted octanol–water partition coefficient (Wildman–Crippen LogP) is 0.692. The lowest BCUT2D eigenvalue weighted by atomic mass is 9.82. The van der Waals surface area contributed by atoms with E-state index in [9.17, 15) is 4.79 Å². The van der Waals surface area contributed by atoms with Crippen molar-refractivity contribution in [2.45, 2.75) is 37.8 Å². The number of hydrogen-bond donors (Lipinski definition) is 1. The fourth-order valence-electron chi connectivity index (χ4n) is 2.05. The molecule has 1 fully saturated rings. The van der Waals surface area contributed by atoms with E-state index in [0.29, 0.717) is 0 Å². The summed E-state index contributed by atoms with van der Waals surface area (Å²) in [7, 11) is 3.08. The number of esters is 1. The fraction of sp³-hybridized carbons (Fsp3) is 0.900. The minimum atomic E-state index is -0.488. The molecule has 0 aromatic heterocycles. The van der Waals surface area contributed by atoms with Gasteiger partial charge in [0.2, 0.25) is 0 Å².